The molecule has 0 saturated carbocycles. The van der Waals surface area contributed by atoms with Gasteiger partial charge in [-0.25, -0.2) is 12.7 Å². The Balaban J connectivity index is 1.41. The summed E-state index contributed by atoms with van der Waals surface area (Å²) in [5.41, 5.74) is 2.29. The Bertz CT molecular complexity index is 766. The maximum atomic E-state index is 12.4. The third kappa shape index (κ3) is 6.25. The molecule has 29 heavy (non-hydrogen) atoms. The van der Waals surface area contributed by atoms with Crippen molar-refractivity contribution in [2.45, 2.75) is 51.8 Å². The van der Waals surface area contributed by atoms with Crippen molar-refractivity contribution >= 4 is 15.9 Å². The molecule has 0 aliphatic carbocycles. The van der Waals surface area contributed by atoms with Crippen molar-refractivity contribution in [2.24, 2.45) is 5.92 Å². The van der Waals surface area contributed by atoms with Crippen molar-refractivity contribution in [3.05, 3.63) is 35.4 Å². The second kappa shape index (κ2) is 10.0. The summed E-state index contributed by atoms with van der Waals surface area (Å²) in [5.74, 6) is 0.000991. The Morgan fingerprint density at radius 3 is 2.21 bits per heavy atom. The SMILES string of the molecule is CCS(=O)(=O)N1CCC(C(=O)NCc2ccc(CN3CCC(O)CC3)cc2)CC1. The quantitative estimate of drug-likeness (QED) is 0.690. The lowest BCUT2D eigenvalue weighted by Gasteiger charge is -2.30. The summed E-state index contributed by atoms with van der Waals surface area (Å²) in [4.78, 5) is 14.8. The Kier molecular flexibility index (Phi) is 7.67. The van der Waals surface area contributed by atoms with Gasteiger partial charge >= 0.3 is 0 Å². The molecule has 2 fully saturated rings. The average Bonchev–Trinajstić information content (AvgIpc) is 2.74. The normalized spacial score (nSPS) is 20.6. The van der Waals surface area contributed by atoms with E-state index in [0.29, 0.717) is 32.5 Å². The van der Waals surface area contributed by atoms with Crippen LogP contribution in [0.5, 0.6) is 0 Å². The van der Waals surface area contributed by atoms with Crippen LogP contribution in [0.25, 0.3) is 0 Å². The molecular weight excluding hydrogens is 390 g/mol. The van der Waals surface area contributed by atoms with Gasteiger partial charge < -0.3 is 10.4 Å². The van der Waals surface area contributed by atoms with E-state index in [1.165, 1.54) is 9.87 Å². The maximum Gasteiger partial charge on any atom is 0.223 e. The number of hydrogen-bond acceptors (Lipinski definition) is 5. The first-order valence-electron chi connectivity index (χ1n) is 10.6. The highest BCUT2D eigenvalue weighted by Gasteiger charge is 2.29. The van der Waals surface area contributed by atoms with Gasteiger partial charge in [0, 0.05) is 45.2 Å². The van der Waals surface area contributed by atoms with Gasteiger partial charge in [-0.3, -0.25) is 9.69 Å². The minimum absolute atomic E-state index is 0.00879. The Morgan fingerprint density at radius 1 is 1.03 bits per heavy atom. The summed E-state index contributed by atoms with van der Waals surface area (Å²) in [6, 6.07) is 8.29. The number of benzene rings is 1. The van der Waals surface area contributed by atoms with Gasteiger partial charge in [0.1, 0.15) is 0 Å². The zero-order valence-corrected chi connectivity index (χ0v) is 18.0. The molecule has 3 rings (SSSR count). The Morgan fingerprint density at radius 2 is 1.62 bits per heavy atom. The van der Waals surface area contributed by atoms with Crippen molar-refractivity contribution < 1.29 is 18.3 Å². The number of sulfonamides is 1. The van der Waals surface area contributed by atoms with Crippen LogP contribution >= 0.6 is 0 Å². The van der Waals surface area contributed by atoms with E-state index in [-0.39, 0.29) is 23.7 Å². The Labute approximate surface area is 174 Å². The van der Waals surface area contributed by atoms with Crippen LogP contribution in [-0.2, 0) is 27.9 Å². The number of nitrogens with zero attached hydrogens (tertiary/aromatic N) is 2. The molecule has 2 heterocycles. The molecule has 2 aliphatic rings. The molecule has 2 N–H and O–H groups in total. The molecule has 2 saturated heterocycles. The smallest absolute Gasteiger partial charge is 0.223 e. The van der Waals surface area contributed by atoms with Gasteiger partial charge in [0.05, 0.1) is 11.9 Å². The van der Waals surface area contributed by atoms with Crippen LogP contribution in [0.3, 0.4) is 0 Å². The molecule has 1 aromatic carbocycles. The largest absolute Gasteiger partial charge is 0.393 e. The molecule has 1 amide bonds. The van der Waals surface area contributed by atoms with Crippen LogP contribution in [0, 0.1) is 5.92 Å². The van der Waals surface area contributed by atoms with Gasteiger partial charge in [0.2, 0.25) is 15.9 Å². The van der Waals surface area contributed by atoms with Crippen molar-refractivity contribution in [2.75, 3.05) is 31.9 Å². The van der Waals surface area contributed by atoms with E-state index in [1.807, 2.05) is 12.1 Å². The van der Waals surface area contributed by atoms with Crippen molar-refractivity contribution in [1.82, 2.24) is 14.5 Å². The second-order valence-electron chi connectivity index (χ2n) is 8.12. The van der Waals surface area contributed by atoms with Crippen molar-refractivity contribution in [3.63, 3.8) is 0 Å². The zero-order valence-electron chi connectivity index (χ0n) is 17.2. The molecule has 1 aromatic rings. The van der Waals surface area contributed by atoms with Crippen LogP contribution in [0.4, 0.5) is 0 Å². The predicted molar refractivity (Wildman–Crippen MR) is 113 cm³/mol. The molecule has 8 heteroatoms. The van der Waals surface area contributed by atoms with E-state index in [1.54, 1.807) is 6.92 Å². The van der Waals surface area contributed by atoms with E-state index in [0.717, 1.165) is 38.0 Å². The number of carbonyl (C=O) groups is 1. The molecule has 7 nitrogen and oxygen atoms in total. The number of rotatable bonds is 7. The van der Waals surface area contributed by atoms with Crippen molar-refractivity contribution in [3.8, 4) is 0 Å². The first kappa shape index (κ1) is 22.2. The van der Waals surface area contributed by atoms with Gasteiger partial charge in [-0.05, 0) is 43.7 Å². The van der Waals surface area contributed by atoms with Crippen LogP contribution in [0.15, 0.2) is 24.3 Å². The van der Waals surface area contributed by atoms with Crippen LogP contribution in [-0.4, -0.2) is 66.7 Å². The molecule has 0 spiro atoms. The van der Waals surface area contributed by atoms with Gasteiger partial charge in [-0.1, -0.05) is 24.3 Å². The third-order valence-corrected chi connectivity index (χ3v) is 7.92. The van der Waals surface area contributed by atoms with Gasteiger partial charge in [-0.15, -0.1) is 0 Å². The minimum Gasteiger partial charge on any atom is -0.393 e. The fraction of sp³-hybridized carbons (Fsp3) is 0.667. The standard InChI is InChI=1S/C21H33N3O4S/c1-2-29(27,28)24-13-7-19(8-14-24)21(26)22-15-17-3-5-18(6-4-17)16-23-11-9-20(25)10-12-23/h3-6,19-20,25H,2,7-16H2,1H3,(H,22,26). The lowest BCUT2D eigenvalue weighted by Crippen LogP contribution is -2.43. The molecule has 0 unspecified atom stereocenters. The second-order valence-corrected chi connectivity index (χ2v) is 10.4. The summed E-state index contributed by atoms with van der Waals surface area (Å²) in [6.45, 7) is 5.74. The summed E-state index contributed by atoms with van der Waals surface area (Å²) in [6.07, 6.45) is 2.68. The highest BCUT2D eigenvalue weighted by molar-refractivity contribution is 7.89. The highest BCUT2D eigenvalue weighted by atomic mass is 32.2. The molecule has 2 aliphatic heterocycles. The number of aliphatic hydroxyl groups is 1. The number of likely N-dealkylation sites (tertiary alicyclic amines) is 1. The number of amides is 1. The number of piperidine rings is 2. The average molecular weight is 424 g/mol. The molecule has 0 radical (unpaired) electrons. The summed E-state index contributed by atoms with van der Waals surface area (Å²) < 4.78 is 25.3. The lowest BCUT2D eigenvalue weighted by atomic mass is 9.97. The van der Waals surface area contributed by atoms with E-state index in [9.17, 15) is 18.3 Å². The van der Waals surface area contributed by atoms with E-state index in [2.05, 4.69) is 22.3 Å². The van der Waals surface area contributed by atoms with Gasteiger partial charge in [0.15, 0.2) is 0 Å². The monoisotopic (exact) mass is 423 g/mol. The molecular formula is C21H33N3O4S. The first-order valence-corrected chi connectivity index (χ1v) is 12.2. The van der Waals surface area contributed by atoms with Crippen LogP contribution in [0.1, 0.15) is 43.7 Å². The minimum atomic E-state index is -3.16. The van der Waals surface area contributed by atoms with Gasteiger partial charge in [0.25, 0.3) is 0 Å². The summed E-state index contributed by atoms with van der Waals surface area (Å²) in [7, 11) is -3.16. The van der Waals surface area contributed by atoms with E-state index < -0.39 is 10.0 Å². The molecule has 0 aromatic heterocycles. The van der Waals surface area contributed by atoms with E-state index >= 15 is 0 Å². The third-order valence-electron chi connectivity index (χ3n) is 6.04. The predicted octanol–water partition coefficient (Wildman–Crippen LogP) is 1.32. The number of aliphatic hydroxyl groups excluding tert-OH is 1. The Hall–Kier alpha value is -1.48. The topological polar surface area (TPSA) is 90.0 Å². The highest BCUT2D eigenvalue weighted by Crippen LogP contribution is 2.20. The van der Waals surface area contributed by atoms with Crippen molar-refractivity contribution in [1.29, 1.82) is 0 Å². The fourth-order valence-electron chi connectivity index (χ4n) is 4.01. The lowest BCUT2D eigenvalue weighted by molar-refractivity contribution is -0.126. The van der Waals surface area contributed by atoms with Crippen LogP contribution in [0.2, 0.25) is 0 Å². The fourth-order valence-corrected chi connectivity index (χ4v) is 5.14. The molecule has 162 valence electrons. The number of carbonyl (C=O) groups excluding carboxylic acids is 1. The first-order chi connectivity index (χ1) is 13.9. The van der Waals surface area contributed by atoms with Crippen LogP contribution < -0.4 is 5.32 Å². The van der Waals surface area contributed by atoms with E-state index in [4.69, 9.17) is 0 Å². The zero-order chi connectivity index (χ0) is 20.9. The summed E-state index contributed by atoms with van der Waals surface area (Å²) >= 11 is 0. The molecule has 0 bridgehead atoms. The number of nitrogens with one attached hydrogen (secondary N) is 1. The maximum absolute atomic E-state index is 12.4. The van der Waals surface area contributed by atoms with Gasteiger partial charge in [-0.2, -0.15) is 0 Å². The number of hydrogen-bond donors (Lipinski definition) is 2. The molecule has 0 atom stereocenters. The summed E-state index contributed by atoms with van der Waals surface area (Å²) in [5, 5.41) is 12.6.